The molecule has 0 spiro atoms. The summed E-state index contributed by atoms with van der Waals surface area (Å²) in [6.45, 7) is 0.816. The molecule has 1 amide bonds. The fourth-order valence-electron chi connectivity index (χ4n) is 2.54. The van der Waals surface area contributed by atoms with Gasteiger partial charge in [0, 0.05) is 18.1 Å². The summed E-state index contributed by atoms with van der Waals surface area (Å²) in [7, 11) is 4.85. The van der Waals surface area contributed by atoms with Crippen molar-refractivity contribution in [3.05, 3.63) is 47.5 Å². The first-order chi connectivity index (χ1) is 15.0. The second-order valence-corrected chi connectivity index (χ2v) is 7.71. The maximum atomic E-state index is 12.4. The zero-order chi connectivity index (χ0) is 22.2. The molecule has 1 heterocycles. The molecule has 10 heteroatoms. The maximum absolute atomic E-state index is 12.4. The number of benzene rings is 2. The highest BCUT2D eigenvalue weighted by Gasteiger charge is 2.17. The number of rotatable bonds is 10. The number of amides is 1. The Morgan fingerprint density at radius 3 is 2.55 bits per heavy atom. The summed E-state index contributed by atoms with van der Waals surface area (Å²) >= 11 is 7.02. The fourth-order valence-corrected chi connectivity index (χ4v) is 3.37. The first kappa shape index (κ1) is 22.8. The van der Waals surface area contributed by atoms with Gasteiger partial charge in [0.25, 0.3) is 11.1 Å². The van der Waals surface area contributed by atoms with Crippen LogP contribution in [-0.4, -0.2) is 61.2 Å². The minimum absolute atomic E-state index is 0.0773. The van der Waals surface area contributed by atoms with Gasteiger partial charge in [-0.1, -0.05) is 23.4 Å². The molecule has 0 aliphatic rings. The normalized spacial score (nSPS) is 10.6. The molecule has 0 saturated carbocycles. The van der Waals surface area contributed by atoms with Crippen molar-refractivity contribution in [2.75, 3.05) is 40.2 Å². The summed E-state index contributed by atoms with van der Waals surface area (Å²) in [5, 5.41) is 9.00. The SMILES string of the molecule is COc1ccc(-c2nnc(SCC(=O)N(C)CCOc3ccc(Cl)cc3)o2)c(OC)c1. The van der Waals surface area contributed by atoms with Gasteiger partial charge in [0.2, 0.25) is 5.91 Å². The van der Waals surface area contributed by atoms with Crippen LogP contribution in [-0.2, 0) is 4.79 Å². The molecule has 0 radical (unpaired) electrons. The molecule has 0 unspecified atom stereocenters. The molecule has 0 aliphatic heterocycles. The van der Waals surface area contributed by atoms with Crippen LogP contribution in [0.3, 0.4) is 0 Å². The Morgan fingerprint density at radius 1 is 1.10 bits per heavy atom. The van der Waals surface area contributed by atoms with E-state index in [0.717, 1.165) is 0 Å². The van der Waals surface area contributed by atoms with Crippen molar-refractivity contribution >= 4 is 29.3 Å². The van der Waals surface area contributed by atoms with Crippen molar-refractivity contribution < 1.29 is 23.4 Å². The summed E-state index contributed by atoms with van der Waals surface area (Å²) in [6.07, 6.45) is 0. The third kappa shape index (κ3) is 6.28. The van der Waals surface area contributed by atoms with Gasteiger partial charge in [-0.15, -0.1) is 10.2 Å². The summed E-state index contributed by atoms with van der Waals surface area (Å²) in [5.41, 5.74) is 0.644. The van der Waals surface area contributed by atoms with Gasteiger partial charge in [0.1, 0.15) is 23.9 Å². The van der Waals surface area contributed by atoms with Crippen LogP contribution < -0.4 is 14.2 Å². The number of halogens is 1. The highest BCUT2D eigenvalue weighted by Crippen LogP contribution is 2.33. The molecular weight excluding hydrogens is 442 g/mol. The number of hydrogen-bond acceptors (Lipinski definition) is 8. The van der Waals surface area contributed by atoms with Gasteiger partial charge in [0.05, 0.1) is 32.1 Å². The van der Waals surface area contributed by atoms with E-state index in [-0.39, 0.29) is 11.7 Å². The van der Waals surface area contributed by atoms with E-state index in [2.05, 4.69) is 10.2 Å². The molecule has 0 atom stereocenters. The monoisotopic (exact) mass is 463 g/mol. The van der Waals surface area contributed by atoms with Gasteiger partial charge >= 0.3 is 0 Å². The van der Waals surface area contributed by atoms with Gasteiger partial charge in [0.15, 0.2) is 0 Å². The van der Waals surface area contributed by atoms with E-state index in [9.17, 15) is 4.79 Å². The third-order valence-electron chi connectivity index (χ3n) is 4.30. The number of methoxy groups -OCH3 is 2. The lowest BCUT2D eigenvalue weighted by atomic mass is 10.2. The Labute approximate surface area is 189 Å². The van der Waals surface area contributed by atoms with Gasteiger partial charge < -0.3 is 23.5 Å². The van der Waals surface area contributed by atoms with Gasteiger partial charge in [-0.2, -0.15) is 0 Å². The van der Waals surface area contributed by atoms with E-state index in [0.29, 0.717) is 52.1 Å². The Bertz CT molecular complexity index is 1010. The van der Waals surface area contributed by atoms with Gasteiger partial charge in [-0.3, -0.25) is 4.79 Å². The molecule has 1 aromatic heterocycles. The predicted octanol–water partition coefficient (Wildman–Crippen LogP) is 4.04. The molecule has 0 saturated heterocycles. The summed E-state index contributed by atoms with van der Waals surface area (Å²) < 4.78 is 21.8. The van der Waals surface area contributed by atoms with Crippen molar-refractivity contribution in [2.45, 2.75) is 5.22 Å². The van der Waals surface area contributed by atoms with Crippen molar-refractivity contribution in [3.63, 3.8) is 0 Å². The van der Waals surface area contributed by atoms with Crippen molar-refractivity contribution in [1.82, 2.24) is 15.1 Å². The van der Waals surface area contributed by atoms with E-state index < -0.39 is 0 Å². The molecule has 8 nitrogen and oxygen atoms in total. The van der Waals surface area contributed by atoms with Crippen LogP contribution in [0.4, 0.5) is 0 Å². The second kappa shape index (κ2) is 10.9. The second-order valence-electron chi connectivity index (χ2n) is 6.35. The standard InChI is InChI=1S/C21H22ClN3O5S/c1-25(10-11-29-15-6-4-14(22)5-7-15)19(26)13-31-21-24-23-20(30-21)17-9-8-16(27-2)12-18(17)28-3/h4-9,12H,10-11,13H2,1-3H3. The number of carbonyl (C=O) groups is 1. The first-order valence-electron chi connectivity index (χ1n) is 9.31. The van der Waals surface area contributed by atoms with Crippen LogP contribution in [0.25, 0.3) is 11.5 Å². The quantitative estimate of drug-likeness (QED) is 0.416. The minimum atomic E-state index is -0.0773. The van der Waals surface area contributed by atoms with Crippen molar-refractivity contribution in [2.24, 2.45) is 0 Å². The average molecular weight is 464 g/mol. The predicted molar refractivity (Wildman–Crippen MR) is 118 cm³/mol. The van der Waals surface area contributed by atoms with Crippen LogP contribution in [0.5, 0.6) is 17.2 Å². The maximum Gasteiger partial charge on any atom is 0.277 e. The molecular formula is C21H22ClN3O5S. The molecule has 2 aromatic carbocycles. The first-order valence-corrected chi connectivity index (χ1v) is 10.7. The van der Waals surface area contributed by atoms with Gasteiger partial charge in [-0.05, 0) is 36.4 Å². The number of hydrogen-bond donors (Lipinski definition) is 0. The lowest BCUT2D eigenvalue weighted by Gasteiger charge is -2.16. The molecule has 164 valence electrons. The summed E-state index contributed by atoms with van der Waals surface area (Å²) in [4.78, 5) is 13.9. The number of aromatic nitrogens is 2. The van der Waals surface area contributed by atoms with Crippen molar-refractivity contribution in [1.29, 1.82) is 0 Å². The third-order valence-corrected chi connectivity index (χ3v) is 5.35. The highest BCUT2D eigenvalue weighted by atomic mass is 35.5. The molecule has 0 bridgehead atoms. The Hall–Kier alpha value is -2.91. The molecule has 0 fully saturated rings. The molecule has 3 aromatic rings. The largest absolute Gasteiger partial charge is 0.497 e. The molecule has 31 heavy (non-hydrogen) atoms. The fraction of sp³-hybridized carbons (Fsp3) is 0.286. The van der Waals surface area contributed by atoms with Crippen molar-refractivity contribution in [3.8, 4) is 28.7 Å². The number of thioether (sulfide) groups is 1. The van der Waals surface area contributed by atoms with E-state index in [4.69, 9.17) is 30.2 Å². The van der Waals surface area contributed by atoms with Crippen LogP contribution in [0.1, 0.15) is 0 Å². The minimum Gasteiger partial charge on any atom is -0.497 e. The summed E-state index contributed by atoms with van der Waals surface area (Å²) in [5.74, 6) is 2.30. The Kier molecular flexibility index (Phi) is 8.02. The summed E-state index contributed by atoms with van der Waals surface area (Å²) in [6, 6.07) is 12.4. The zero-order valence-corrected chi connectivity index (χ0v) is 18.9. The van der Waals surface area contributed by atoms with Crippen LogP contribution in [0.15, 0.2) is 52.1 Å². The topological polar surface area (TPSA) is 86.9 Å². The zero-order valence-electron chi connectivity index (χ0n) is 17.3. The Morgan fingerprint density at radius 2 is 1.84 bits per heavy atom. The smallest absolute Gasteiger partial charge is 0.277 e. The van der Waals surface area contributed by atoms with Crippen LogP contribution >= 0.6 is 23.4 Å². The van der Waals surface area contributed by atoms with Crippen LogP contribution in [0, 0.1) is 0 Å². The van der Waals surface area contributed by atoms with Gasteiger partial charge in [-0.25, -0.2) is 0 Å². The van der Waals surface area contributed by atoms with E-state index in [1.54, 1.807) is 68.6 Å². The highest BCUT2D eigenvalue weighted by molar-refractivity contribution is 7.99. The Balaban J connectivity index is 1.49. The number of ether oxygens (including phenoxy) is 3. The molecule has 0 N–H and O–H groups in total. The van der Waals surface area contributed by atoms with E-state index in [1.807, 2.05) is 0 Å². The molecule has 0 aliphatic carbocycles. The average Bonchev–Trinajstić information content (AvgIpc) is 3.27. The molecule has 3 rings (SSSR count). The number of nitrogens with zero attached hydrogens (tertiary/aromatic N) is 3. The number of carbonyl (C=O) groups excluding carboxylic acids is 1. The van der Waals surface area contributed by atoms with E-state index >= 15 is 0 Å². The lowest BCUT2D eigenvalue weighted by molar-refractivity contribution is -0.127. The number of likely N-dealkylation sites (N-methyl/N-ethyl adjacent to an activating group) is 1. The van der Waals surface area contributed by atoms with E-state index in [1.165, 1.54) is 11.8 Å². The van der Waals surface area contributed by atoms with Crippen LogP contribution in [0.2, 0.25) is 5.02 Å². The lowest BCUT2D eigenvalue weighted by Crippen LogP contribution is -2.32.